The van der Waals surface area contributed by atoms with Crippen LogP contribution in [0.4, 0.5) is 23.0 Å². The van der Waals surface area contributed by atoms with E-state index in [0.29, 0.717) is 33.9 Å². The van der Waals surface area contributed by atoms with Gasteiger partial charge in [-0.1, -0.05) is 18.2 Å². The fourth-order valence-corrected chi connectivity index (χ4v) is 5.67. The first-order valence-electron chi connectivity index (χ1n) is 13.1. The number of nitrogens with zero attached hydrogens (tertiary/aromatic N) is 3. The van der Waals surface area contributed by atoms with Crippen LogP contribution in [-0.2, 0) is 14.8 Å². The second-order valence-electron chi connectivity index (χ2n) is 9.84. The molecule has 1 aliphatic heterocycles. The molecule has 4 aromatic rings. The summed E-state index contributed by atoms with van der Waals surface area (Å²) < 4.78 is 40.4. The number of piperidine rings is 1. The third kappa shape index (κ3) is 6.67. The van der Waals surface area contributed by atoms with E-state index >= 15 is 0 Å². The Morgan fingerprint density at radius 3 is 2.12 bits per heavy atom. The summed E-state index contributed by atoms with van der Waals surface area (Å²) in [5.41, 5.74) is 2.05. The van der Waals surface area contributed by atoms with Gasteiger partial charge in [-0.25, -0.2) is 18.4 Å². The molecular formula is C29H32N6O5S. The van der Waals surface area contributed by atoms with Crippen molar-refractivity contribution in [2.45, 2.75) is 17.7 Å². The Balaban J connectivity index is 1.43. The molecule has 214 valence electrons. The van der Waals surface area contributed by atoms with Crippen LogP contribution in [0.2, 0.25) is 0 Å². The molecule has 5 rings (SSSR count). The minimum Gasteiger partial charge on any atom is -0.497 e. The third-order valence-electron chi connectivity index (χ3n) is 6.92. The molecule has 2 heterocycles. The first kappa shape index (κ1) is 28.1. The number of benzene rings is 3. The molecule has 1 aromatic heterocycles. The predicted molar refractivity (Wildman–Crippen MR) is 158 cm³/mol. The number of nitrogens with one attached hydrogen (secondary N) is 3. The van der Waals surface area contributed by atoms with E-state index in [-0.39, 0.29) is 28.4 Å². The zero-order valence-corrected chi connectivity index (χ0v) is 23.9. The molecule has 11 nitrogen and oxygen atoms in total. The molecule has 3 aromatic carbocycles. The second kappa shape index (κ2) is 12.0. The topological polar surface area (TPSA) is 135 Å². The summed E-state index contributed by atoms with van der Waals surface area (Å²) in [4.78, 5) is 24.2. The van der Waals surface area contributed by atoms with E-state index in [1.807, 2.05) is 13.1 Å². The monoisotopic (exact) mass is 576 g/mol. The number of para-hydroxylation sites is 2. The molecule has 0 saturated carbocycles. The van der Waals surface area contributed by atoms with E-state index < -0.39 is 10.0 Å². The minimum atomic E-state index is -4.11. The maximum absolute atomic E-state index is 13.6. The Bertz CT molecular complexity index is 1650. The largest absolute Gasteiger partial charge is 0.497 e. The number of likely N-dealkylation sites (tertiary alicyclic amines) is 1. The van der Waals surface area contributed by atoms with Gasteiger partial charge in [0.1, 0.15) is 11.5 Å². The van der Waals surface area contributed by atoms with E-state index in [9.17, 15) is 13.2 Å². The van der Waals surface area contributed by atoms with Crippen molar-refractivity contribution in [2.24, 2.45) is 5.92 Å². The van der Waals surface area contributed by atoms with Crippen molar-refractivity contribution in [2.75, 3.05) is 49.7 Å². The van der Waals surface area contributed by atoms with Crippen molar-refractivity contribution in [1.29, 1.82) is 0 Å². The first-order valence-corrected chi connectivity index (χ1v) is 14.6. The molecule has 0 bridgehead atoms. The van der Waals surface area contributed by atoms with Crippen LogP contribution in [0, 0.1) is 5.92 Å². The van der Waals surface area contributed by atoms with Gasteiger partial charge in [-0.2, -0.15) is 0 Å². The Labute approximate surface area is 239 Å². The SMILES string of the molecule is COc1cc(Nc2nc3ccccc3nc2NS(=O)(=O)c2cccc(NC(=O)C3CCN(C)CC3)c2)cc(OC)c1. The Morgan fingerprint density at radius 2 is 1.49 bits per heavy atom. The van der Waals surface area contributed by atoms with E-state index in [0.717, 1.165) is 25.9 Å². The van der Waals surface area contributed by atoms with E-state index in [1.54, 1.807) is 48.5 Å². The van der Waals surface area contributed by atoms with Crippen LogP contribution in [-0.4, -0.2) is 63.5 Å². The van der Waals surface area contributed by atoms with E-state index in [2.05, 4.69) is 30.2 Å². The van der Waals surface area contributed by atoms with Crippen molar-refractivity contribution in [3.8, 4) is 11.5 Å². The lowest BCUT2D eigenvalue weighted by atomic mass is 9.96. The van der Waals surface area contributed by atoms with Crippen molar-refractivity contribution in [1.82, 2.24) is 14.9 Å². The maximum Gasteiger partial charge on any atom is 0.263 e. The zero-order chi connectivity index (χ0) is 29.0. The highest BCUT2D eigenvalue weighted by Crippen LogP contribution is 2.32. The molecule has 3 N–H and O–H groups in total. The number of carbonyl (C=O) groups is 1. The fraction of sp³-hybridized carbons (Fsp3) is 0.276. The van der Waals surface area contributed by atoms with Gasteiger partial charge in [-0.05, 0) is 63.3 Å². The molecular weight excluding hydrogens is 544 g/mol. The van der Waals surface area contributed by atoms with Crippen molar-refractivity contribution in [3.05, 3.63) is 66.7 Å². The second-order valence-corrected chi connectivity index (χ2v) is 11.5. The summed E-state index contributed by atoms with van der Waals surface area (Å²) in [5, 5.41) is 6.02. The van der Waals surface area contributed by atoms with E-state index in [4.69, 9.17) is 9.47 Å². The summed E-state index contributed by atoms with van der Waals surface area (Å²) in [6, 6.07) is 18.5. The highest BCUT2D eigenvalue weighted by atomic mass is 32.2. The Morgan fingerprint density at radius 1 is 0.854 bits per heavy atom. The normalized spacial score (nSPS) is 14.4. The standard InChI is InChI=1S/C29H32N6O5S/c1-35-13-11-19(12-14-35)29(36)31-20-7-6-8-24(17-20)41(37,38)34-28-27(32-25-9-4-5-10-26(25)33-28)30-21-15-22(39-2)18-23(16-21)40-3/h4-10,15-19H,11-14H2,1-3H3,(H,30,32)(H,31,36)(H,33,34). The van der Waals surface area contributed by atoms with Crippen molar-refractivity contribution >= 4 is 50.0 Å². The zero-order valence-electron chi connectivity index (χ0n) is 23.0. The molecule has 0 radical (unpaired) electrons. The van der Waals surface area contributed by atoms with Gasteiger partial charge in [0.2, 0.25) is 5.91 Å². The number of sulfonamides is 1. The molecule has 12 heteroatoms. The van der Waals surface area contributed by atoms with Crippen LogP contribution >= 0.6 is 0 Å². The van der Waals surface area contributed by atoms with Crippen LogP contribution in [0.15, 0.2) is 71.6 Å². The quantitative estimate of drug-likeness (QED) is 0.264. The Hall–Kier alpha value is -4.42. The molecule has 0 spiro atoms. The summed E-state index contributed by atoms with van der Waals surface area (Å²) in [6.45, 7) is 1.70. The van der Waals surface area contributed by atoms with Crippen molar-refractivity contribution < 1.29 is 22.7 Å². The number of hydrogen-bond donors (Lipinski definition) is 3. The number of methoxy groups -OCH3 is 2. The molecule has 1 amide bonds. The number of ether oxygens (including phenoxy) is 2. The van der Waals surface area contributed by atoms with Gasteiger partial charge < -0.3 is 25.0 Å². The van der Waals surface area contributed by atoms with Crippen LogP contribution in [0.1, 0.15) is 12.8 Å². The maximum atomic E-state index is 13.6. The van der Waals surface area contributed by atoms with Gasteiger partial charge in [0.15, 0.2) is 11.6 Å². The minimum absolute atomic E-state index is 0.00579. The Kier molecular flexibility index (Phi) is 8.22. The van der Waals surface area contributed by atoms with Gasteiger partial charge in [-0.3, -0.25) is 9.52 Å². The average Bonchev–Trinajstić information content (AvgIpc) is 2.97. The van der Waals surface area contributed by atoms with Crippen molar-refractivity contribution in [3.63, 3.8) is 0 Å². The molecule has 0 aliphatic carbocycles. The number of hydrogen-bond acceptors (Lipinski definition) is 9. The number of rotatable bonds is 9. The lowest BCUT2D eigenvalue weighted by Gasteiger charge is -2.28. The lowest BCUT2D eigenvalue weighted by Crippen LogP contribution is -2.35. The number of amides is 1. The molecule has 1 fully saturated rings. The first-order chi connectivity index (χ1) is 19.7. The summed E-state index contributed by atoms with van der Waals surface area (Å²) in [7, 11) is 0.999. The number of carbonyl (C=O) groups excluding carboxylic acids is 1. The molecule has 1 aliphatic rings. The van der Waals surface area contributed by atoms with Gasteiger partial charge in [0.05, 0.1) is 30.1 Å². The van der Waals surface area contributed by atoms with Crippen LogP contribution in [0.25, 0.3) is 11.0 Å². The lowest BCUT2D eigenvalue weighted by molar-refractivity contribution is -0.121. The fourth-order valence-electron chi connectivity index (χ4n) is 4.62. The van der Waals surface area contributed by atoms with Gasteiger partial charge in [0.25, 0.3) is 10.0 Å². The predicted octanol–water partition coefficient (Wildman–Crippen LogP) is 4.47. The number of anilines is 4. The van der Waals surface area contributed by atoms with Gasteiger partial charge in [0, 0.05) is 35.5 Å². The van der Waals surface area contributed by atoms with Gasteiger partial charge >= 0.3 is 0 Å². The molecule has 0 atom stereocenters. The third-order valence-corrected chi connectivity index (χ3v) is 8.25. The highest BCUT2D eigenvalue weighted by molar-refractivity contribution is 7.92. The summed E-state index contributed by atoms with van der Waals surface area (Å²) in [5.74, 6) is 1.06. The van der Waals surface area contributed by atoms with Crippen LogP contribution < -0.4 is 24.8 Å². The molecule has 1 saturated heterocycles. The molecule has 41 heavy (non-hydrogen) atoms. The summed E-state index contributed by atoms with van der Waals surface area (Å²) >= 11 is 0. The van der Waals surface area contributed by atoms with Crippen LogP contribution in [0.3, 0.4) is 0 Å². The highest BCUT2D eigenvalue weighted by Gasteiger charge is 2.24. The molecule has 0 unspecified atom stereocenters. The summed E-state index contributed by atoms with van der Waals surface area (Å²) in [6.07, 6.45) is 1.52. The number of aromatic nitrogens is 2. The van der Waals surface area contributed by atoms with E-state index in [1.165, 1.54) is 26.4 Å². The number of fused-ring (bicyclic) bond motifs is 1. The average molecular weight is 577 g/mol. The van der Waals surface area contributed by atoms with Gasteiger partial charge in [-0.15, -0.1) is 0 Å². The smallest absolute Gasteiger partial charge is 0.263 e. The van der Waals surface area contributed by atoms with Crippen LogP contribution in [0.5, 0.6) is 11.5 Å².